The third-order valence-corrected chi connectivity index (χ3v) is 4.12. The van der Waals surface area contributed by atoms with Gasteiger partial charge in [0.15, 0.2) is 0 Å². The van der Waals surface area contributed by atoms with Gasteiger partial charge in [0.05, 0.1) is 0 Å². The van der Waals surface area contributed by atoms with Gasteiger partial charge in [-0.3, -0.25) is 0 Å². The van der Waals surface area contributed by atoms with Gasteiger partial charge in [-0.05, 0) is 51.6 Å². The van der Waals surface area contributed by atoms with Gasteiger partial charge in [-0.1, -0.05) is 37.3 Å². The Hall–Kier alpha value is -1.55. The lowest BCUT2D eigenvalue weighted by atomic mass is 9.92. The highest BCUT2D eigenvalue weighted by molar-refractivity contribution is 5.68. The zero-order chi connectivity index (χ0) is 16.9. The molecule has 2 rings (SSSR count). The quantitative estimate of drug-likeness (QED) is 0.892. The van der Waals surface area contributed by atoms with E-state index in [9.17, 15) is 4.79 Å². The van der Waals surface area contributed by atoms with Crippen molar-refractivity contribution in [3.63, 3.8) is 0 Å². The number of rotatable bonds is 5. The molecule has 1 aromatic carbocycles. The van der Waals surface area contributed by atoms with Gasteiger partial charge in [0.25, 0.3) is 0 Å². The topological polar surface area (TPSA) is 41.6 Å². The summed E-state index contributed by atoms with van der Waals surface area (Å²) in [4.78, 5) is 14.1. The van der Waals surface area contributed by atoms with Crippen LogP contribution in [0.1, 0.15) is 52.1 Å². The number of nitrogens with zero attached hydrogens (tertiary/aromatic N) is 1. The number of hydrogen-bond donors (Lipinski definition) is 1. The van der Waals surface area contributed by atoms with Crippen LogP contribution in [-0.2, 0) is 4.74 Å². The van der Waals surface area contributed by atoms with E-state index in [0.717, 1.165) is 32.5 Å². The molecule has 128 valence electrons. The van der Waals surface area contributed by atoms with Gasteiger partial charge >= 0.3 is 6.09 Å². The Morgan fingerprint density at radius 1 is 1.35 bits per heavy atom. The van der Waals surface area contributed by atoms with Crippen molar-refractivity contribution in [3.8, 4) is 0 Å². The van der Waals surface area contributed by atoms with E-state index in [2.05, 4.69) is 36.5 Å². The molecule has 1 aliphatic heterocycles. The minimum Gasteiger partial charge on any atom is -0.444 e. The second kappa shape index (κ2) is 7.82. The highest BCUT2D eigenvalue weighted by Crippen LogP contribution is 2.31. The standard InChI is InChI=1S/C19H30N2O2/c1-5-12-20-17(15-9-7-6-8-10-15)16-11-13-21(14-16)18(22)23-19(2,3)4/h6-10,16-17,20H,5,11-14H2,1-4H3. The van der Waals surface area contributed by atoms with Crippen LogP contribution in [0.3, 0.4) is 0 Å². The first-order valence-electron chi connectivity index (χ1n) is 8.67. The van der Waals surface area contributed by atoms with Crippen LogP contribution in [0.25, 0.3) is 0 Å². The lowest BCUT2D eigenvalue weighted by Crippen LogP contribution is -2.37. The molecule has 0 radical (unpaired) electrons. The van der Waals surface area contributed by atoms with Crippen molar-refractivity contribution < 1.29 is 9.53 Å². The lowest BCUT2D eigenvalue weighted by Gasteiger charge is -2.27. The molecule has 23 heavy (non-hydrogen) atoms. The maximum absolute atomic E-state index is 12.3. The SMILES string of the molecule is CCCNC(c1ccccc1)C1CCN(C(=O)OC(C)(C)C)C1. The molecule has 1 fully saturated rings. The van der Waals surface area contributed by atoms with Crippen LogP contribution in [0.15, 0.2) is 30.3 Å². The second-order valence-corrected chi connectivity index (χ2v) is 7.32. The third-order valence-electron chi connectivity index (χ3n) is 4.12. The smallest absolute Gasteiger partial charge is 0.410 e. The number of benzene rings is 1. The van der Waals surface area contributed by atoms with E-state index in [4.69, 9.17) is 4.74 Å². The summed E-state index contributed by atoms with van der Waals surface area (Å²) in [5, 5.41) is 3.66. The number of ether oxygens (including phenoxy) is 1. The predicted molar refractivity (Wildman–Crippen MR) is 93.4 cm³/mol. The molecule has 2 atom stereocenters. The largest absolute Gasteiger partial charge is 0.444 e. The summed E-state index contributed by atoms with van der Waals surface area (Å²) >= 11 is 0. The van der Waals surface area contributed by atoms with E-state index < -0.39 is 5.60 Å². The summed E-state index contributed by atoms with van der Waals surface area (Å²) in [5.41, 5.74) is 0.867. The number of carbonyl (C=O) groups excluding carboxylic acids is 1. The molecule has 1 saturated heterocycles. The molecule has 1 heterocycles. The Kier molecular flexibility index (Phi) is 6.05. The number of carbonyl (C=O) groups is 1. The third kappa shape index (κ3) is 5.24. The Morgan fingerprint density at radius 3 is 2.65 bits per heavy atom. The summed E-state index contributed by atoms with van der Waals surface area (Å²) in [6.07, 6.45) is 1.92. The van der Waals surface area contributed by atoms with E-state index in [0.29, 0.717) is 12.0 Å². The molecular formula is C19H30N2O2. The van der Waals surface area contributed by atoms with E-state index in [1.165, 1.54) is 5.56 Å². The molecule has 4 heteroatoms. The van der Waals surface area contributed by atoms with E-state index in [1.807, 2.05) is 31.7 Å². The normalized spacial score (nSPS) is 19.7. The van der Waals surface area contributed by atoms with Gasteiger partial charge in [0, 0.05) is 19.1 Å². The summed E-state index contributed by atoms with van der Waals surface area (Å²) < 4.78 is 5.50. The van der Waals surface area contributed by atoms with Crippen molar-refractivity contribution in [2.45, 2.75) is 52.2 Å². The highest BCUT2D eigenvalue weighted by Gasteiger charge is 2.34. The maximum atomic E-state index is 12.3. The number of hydrogen-bond acceptors (Lipinski definition) is 3. The first-order chi connectivity index (χ1) is 10.9. The first-order valence-corrected chi connectivity index (χ1v) is 8.67. The molecule has 0 aromatic heterocycles. The van der Waals surface area contributed by atoms with Crippen molar-refractivity contribution in [3.05, 3.63) is 35.9 Å². The van der Waals surface area contributed by atoms with Crippen LogP contribution < -0.4 is 5.32 Å². The molecule has 1 aromatic rings. The van der Waals surface area contributed by atoms with Crippen LogP contribution in [0.5, 0.6) is 0 Å². The fourth-order valence-corrected chi connectivity index (χ4v) is 3.07. The van der Waals surface area contributed by atoms with Crippen LogP contribution in [0.4, 0.5) is 4.79 Å². The van der Waals surface area contributed by atoms with Crippen molar-refractivity contribution in [1.82, 2.24) is 10.2 Å². The number of amides is 1. The van der Waals surface area contributed by atoms with E-state index in [1.54, 1.807) is 0 Å². The van der Waals surface area contributed by atoms with Gasteiger partial charge in [-0.25, -0.2) is 4.79 Å². The average Bonchev–Trinajstić information content (AvgIpc) is 2.97. The van der Waals surface area contributed by atoms with Crippen molar-refractivity contribution in [2.24, 2.45) is 5.92 Å². The Bertz CT molecular complexity index is 496. The van der Waals surface area contributed by atoms with E-state index in [-0.39, 0.29) is 6.09 Å². The van der Waals surface area contributed by atoms with Gasteiger partial charge < -0.3 is 15.0 Å². The fraction of sp³-hybridized carbons (Fsp3) is 0.632. The zero-order valence-electron chi connectivity index (χ0n) is 14.8. The lowest BCUT2D eigenvalue weighted by molar-refractivity contribution is 0.0285. The van der Waals surface area contributed by atoms with Gasteiger partial charge in [-0.15, -0.1) is 0 Å². The summed E-state index contributed by atoms with van der Waals surface area (Å²) in [6, 6.07) is 10.8. The Morgan fingerprint density at radius 2 is 2.04 bits per heavy atom. The van der Waals surface area contributed by atoms with Crippen LogP contribution in [0.2, 0.25) is 0 Å². The highest BCUT2D eigenvalue weighted by atomic mass is 16.6. The predicted octanol–water partition coefficient (Wildman–Crippen LogP) is 3.98. The maximum Gasteiger partial charge on any atom is 0.410 e. The monoisotopic (exact) mass is 318 g/mol. The Balaban J connectivity index is 2.02. The first kappa shape index (κ1) is 17.8. The molecule has 2 unspecified atom stereocenters. The molecular weight excluding hydrogens is 288 g/mol. The summed E-state index contributed by atoms with van der Waals surface area (Å²) in [5.74, 6) is 0.427. The molecule has 1 aliphatic rings. The molecule has 4 nitrogen and oxygen atoms in total. The second-order valence-electron chi connectivity index (χ2n) is 7.32. The molecule has 0 spiro atoms. The summed E-state index contributed by atoms with van der Waals surface area (Å²) in [6.45, 7) is 10.4. The molecule has 0 aliphatic carbocycles. The fourth-order valence-electron chi connectivity index (χ4n) is 3.07. The van der Waals surface area contributed by atoms with Gasteiger partial charge in [-0.2, -0.15) is 0 Å². The van der Waals surface area contributed by atoms with Crippen molar-refractivity contribution in [1.29, 1.82) is 0 Å². The summed E-state index contributed by atoms with van der Waals surface area (Å²) in [7, 11) is 0. The minimum atomic E-state index is -0.436. The van der Waals surface area contributed by atoms with E-state index >= 15 is 0 Å². The average molecular weight is 318 g/mol. The van der Waals surface area contributed by atoms with Crippen LogP contribution in [-0.4, -0.2) is 36.2 Å². The van der Waals surface area contributed by atoms with Gasteiger partial charge in [0.1, 0.15) is 5.60 Å². The van der Waals surface area contributed by atoms with Crippen molar-refractivity contribution in [2.75, 3.05) is 19.6 Å². The van der Waals surface area contributed by atoms with Crippen LogP contribution >= 0.6 is 0 Å². The molecule has 1 amide bonds. The molecule has 1 N–H and O–H groups in total. The molecule has 0 bridgehead atoms. The van der Waals surface area contributed by atoms with Crippen LogP contribution in [0, 0.1) is 5.92 Å². The van der Waals surface area contributed by atoms with Crippen molar-refractivity contribution >= 4 is 6.09 Å². The minimum absolute atomic E-state index is 0.192. The number of likely N-dealkylation sites (tertiary alicyclic amines) is 1. The Labute approximate surface area is 140 Å². The number of nitrogens with one attached hydrogen (secondary N) is 1. The molecule has 0 saturated carbocycles. The van der Waals surface area contributed by atoms with Gasteiger partial charge in [0.2, 0.25) is 0 Å². The zero-order valence-corrected chi connectivity index (χ0v) is 14.8.